The maximum Gasteiger partial charge on any atom is 0.248 e. The molecule has 0 saturated carbocycles. The van der Waals surface area contributed by atoms with Gasteiger partial charge in [0.05, 0.1) is 7.11 Å². The zero-order valence-electron chi connectivity index (χ0n) is 13.5. The summed E-state index contributed by atoms with van der Waals surface area (Å²) in [5.74, 6) is 1.02. The van der Waals surface area contributed by atoms with Crippen molar-refractivity contribution in [2.24, 2.45) is 0 Å². The number of halogens is 1. The Balaban J connectivity index is 2.05. The van der Waals surface area contributed by atoms with Crippen molar-refractivity contribution in [1.29, 1.82) is 0 Å². The van der Waals surface area contributed by atoms with Crippen molar-refractivity contribution in [1.82, 2.24) is 0 Å². The summed E-state index contributed by atoms with van der Waals surface area (Å²) in [6.07, 6.45) is 3.24. The van der Waals surface area contributed by atoms with Crippen LogP contribution in [-0.4, -0.2) is 13.0 Å². The second-order valence-electron chi connectivity index (χ2n) is 5.49. The highest BCUT2D eigenvalue weighted by atomic mass is 79.9. The minimum absolute atomic E-state index is 0.177. The van der Waals surface area contributed by atoms with Crippen LogP contribution < -0.4 is 10.1 Å². The van der Waals surface area contributed by atoms with Crippen LogP contribution in [0.4, 0.5) is 5.69 Å². The lowest BCUT2D eigenvalue weighted by Gasteiger charge is -2.07. The molecule has 0 radical (unpaired) electrons. The Bertz CT molecular complexity index is 706. The van der Waals surface area contributed by atoms with Crippen molar-refractivity contribution in [3.8, 4) is 5.75 Å². The van der Waals surface area contributed by atoms with E-state index in [9.17, 15) is 4.79 Å². The van der Waals surface area contributed by atoms with E-state index in [4.69, 9.17) is 4.74 Å². The molecule has 0 unspecified atom stereocenters. The third kappa shape index (κ3) is 4.96. The van der Waals surface area contributed by atoms with E-state index in [-0.39, 0.29) is 5.91 Å². The van der Waals surface area contributed by atoms with E-state index < -0.39 is 0 Å². The average Bonchev–Trinajstić information content (AvgIpc) is 2.53. The highest BCUT2D eigenvalue weighted by Gasteiger charge is 2.03. The van der Waals surface area contributed by atoms with Gasteiger partial charge >= 0.3 is 0 Å². The van der Waals surface area contributed by atoms with Gasteiger partial charge in [-0.15, -0.1) is 0 Å². The summed E-state index contributed by atoms with van der Waals surface area (Å²) in [5.41, 5.74) is 2.87. The summed E-state index contributed by atoms with van der Waals surface area (Å²) >= 11 is 3.41. The molecule has 0 aliphatic carbocycles. The van der Waals surface area contributed by atoms with Crippen molar-refractivity contribution in [2.45, 2.75) is 19.8 Å². The molecule has 0 saturated heterocycles. The van der Waals surface area contributed by atoms with Crippen LogP contribution in [0.25, 0.3) is 6.08 Å². The van der Waals surface area contributed by atoms with Crippen LogP contribution in [0.15, 0.2) is 53.0 Å². The first kappa shape index (κ1) is 17.3. The highest BCUT2D eigenvalue weighted by molar-refractivity contribution is 9.10. The molecular formula is C19H20BrNO2. The fraction of sp³-hybridized carbons (Fsp3) is 0.211. The Morgan fingerprint density at radius 1 is 1.17 bits per heavy atom. The third-order valence-electron chi connectivity index (χ3n) is 3.45. The number of methoxy groups -OCH3 is 1. The average molecular weight is 374 g/mol. The number of ether oxygens (including phenoxy) is 1. The number of anilines is 1. The molecule has 2 aromatic rings. The second-order valence-corrected chi connectivity index (χ2v) is 6.40. The van der Waals surface area contributed by atoms with Crippen molar-refractivity contribution in [3.05, 3.63) is 64.1 Å². The van der Waals surface area contributed by atoms with Crippen LogP contribution >= 0.6 is 15.9 Å². The van der Waals surface area contributed by atoms with Gasteiger partial charge in [-0.05, 0) is 47.9 Å². The summed E-state index contributed by atoms with van der Waals surface area (Å²) in [5, 5.41) is 2.85. The van der Waals surface area contributed by atoms with Crippen molar-refractivity contribution in [2.75, 3.05) is 12.4 Å². The molecule has 0 atom stereocenters. The molecule has 0 heterocycles. The van der Waals surface area contributed by atoms with Crippen LogP contribution in [0.5, 0.6) is 5.75 Å². The van der Waals surface area contributed by atoms with E-state index in [2.05, 4.69) is 35.1 Å². The Morgan fingerprint density at radius 3 is 2.48 bits per heavy atom. The Kier molecular flexibility index (Phi) is 5.99. The molecule has 23 heavy (non-hydrogen) atoms. The zero-order valence-corrected chi connectivity index (χ0v) is 15.1. The molecule has 0 spiro atoms. The number of nitrogens with one attached hydrogen (secondary N) is 1. The molecular weight excluding hydrogens is 354 g/mol. The van der Waals surface area contributed by atoms with Gasteiger partial charge in [0.2, 0.25) is 5.91 Å². The molecule has 0 aliphatic rings. The van der Waals surface area contributed by atoms with Gasteiger partial charge in [0.15, 0.2) is 0 Å². The number of hydrogen-bond donors (Lipinski definition) is 1. The molecule has 120 valence electrons. The number of rotatable bonds is 5. The molecule has 0 aliphatic heterocycles. The van der Waals surface area contributed by atoms with Gasteiger partial charge in [-0.25, -0.2) is 0 Å². The topological polar surface area (TPSA) is 38.3 Å². The van der Waals surface area contributed by atoms with Gasteiger partial charge in [0, 0.05) is 21.8 Å². The smallest absolute Gasteiger partial charge is 0.248 e. The quantitative estimate of drug-likeness (QED) is 0.728. The molecule has 0 fully saturated rings. The first-order chi connectivity index (χ1) is 11.0. The highest BCUT2D eigenvalue weighted by Crippen LogP contribution is 2.24. The molecule has 1 N–H and O–H groups in total. The number of benzene rings is 2. The van der Waals surface area contributed by atoms with Gasteiger partial charge in [0.25, 0.3) is 0 Å². The van der Waals surface area contributed by atoms with Crippen LogP contribution in [-0.2, 0) is 4.79 Å². The first-order valence-electron chi connectivity index (χ1n) is 7.42. The van der Waals surface area contributed by atoms with E-state index in [0.717, 1.165) is 21.5 Å². The molecule has 0 aromatic heterocycles. The maximum atomic E-state index is 12.0. The lowest BCUT2D eigenvalue weighted by molar-refractivity contribution is -0.111. The number of hydrogen-bond acceptors (Lipinski definition) is 2. The Morgan fingerprint density at radius 2 is 1.87 bits per heavy atom. The van der Waals surface area contributed by atoms with E-state index in [0.29, 0.717) is 5.92 Å². The lowest BCUT2D eigenvalue weighted by Crippen LogP contribution is -2.07. The van der Waals surface area contributed by atoms with Gasteiger partial charge in [-0.2, -0.15) is 0 Å². The molecule has 4 heteroatoms. The third-order valence-corrected chi connectivity index (χ3v) is 3.94. The maximum absolute atomic E-state index is 12.0. The summed E-state index contributed by atoms with van der Waals surface area (Å²) in [4.78, 5) is 12.0. The fourth-order valence-electron chi connectivity index (χ4n) is 2.14. The van der Waals surface area contributed by atoms with Crippen LogP contribution in [0.1, 0.15) is 30.9 Å². The molecule has 2 aromatic carbocycles. The monoisotopic (exact) mass is 373 g/mol. The Labute approximate surface area is 145 Å². The normalized spacial score (nSPS) is 11.0. The zero-order chi connectivity index (χ0) is 16.8. The number of carbonyl (C=O) groups excluding carboxylic acids is 1. The summed E-state index contributed by atoms with van der Waals surface area (Å²) in [6.45, 7) is 4.28. The van der Waals surface area contributed by atoms with Gasteiger partial charge in [0.1, 0.15) is 5.75 Å². The SMILES string of the molecule is COc1ccc(Br)cc1/C=C/C(=O)Nc1ccc(C(C)C)cc1. The van der Waals surface area contributed by atoms with Crippen LogP contribution in [0.3, 0.4) is 0 Å². The molecule has 2 rings (SSSR count). The van der Waals surface area contributed by atoms with E-state index >= 15 is 0 Å². The predicted octanol–water partition coefficient (Wildman–Crippen LogP) is 5.23. The van der Waals surface area contributed by atoms with Gasteiger partial charge < -0.3 is 10.1 Å². The minimum atomic E-state index is -0.177. The molecule has 0 bridgehead atoms. The van der Waals surface area contributed by atoms with Crippen LogP contribution in [0, 0.1) is 0 Å². The standard InChI is InChI=1S/C19H20BrNO2/c1-13(2)14-4-8-17(9-5-14)21-19(22)11-6-15-12-16(20)7-10-18(15)23-3/h4-13H,1-3H3,(H,21,22)/b11-6+. The van der Waals surface area contributed by atoms with Crippen molar-refractivity contribution < 1.29 is 9.53 Å². The summed E-state index contributed by atoms with van der Waals surface area (Å²) < 4.78 is 6.22. The van der Waals surface area contributed by atoms with Gasteiger partial charge in [-0.3, -0.25) is 4.79 Å². The van der Waals surface area contributed by atoms with E-state index in [1.165, 1.54) is 11.6 Å². The van der Waals surface area contributed by atoms with Gasteiger partial charge in [-0.1, -0.05) is 41.9 Å². The largest absolute Gasteiger partial charge is 0.496 e. The molecule has 1 amide bonds. The predicted molar refractivity (Wildman–Crippen MR) is 98.9 cm³/mol. The Hall–Kier alpha value is -2.07. The summed E-state index contributed by atoms with van der Waals surface area (Å²) in [7, 11) is 1.61. The number of carbonyl (C=O) groups is 1. The summed E-state index contributed by atoms with van der Waals surface area (Å²) in [6, 6.07) is 13.5. The van der Waals surface area contributed by atoms with E-state index in [1.54, 1.807) is 13.2 Å². The second kappa shape index (κ2) is 7.97. The fourth-order valence-corrected chi connectivity index (χ4v) is 2.51. The van der Waals surface area contributed by atoms with Crippen molar-refractivity contribution in [3.63, 3.8) is 0 Å². The molecule has 3 nitrogen and oxygen atoms in total. The number of amides is 1. The van der Waals surface area contributed by atoms with Crippen LogP contribution in [0.2, 0.25) is 0 Å². The van der Waals surface area contributed by atoms with Crippen molar-refractivity contribution >= 4 is 33.6 Å². The van der Waals surface area contributed by atoms with E-state index in [1.807, 2.05) is 42.5 Å². The minimum Gasteiger partial charge on any atom is -0.496 e. The first-order valence-corrected chi connectivity index (χ1v) is 8.21. The lowest BCUT2D eigenvalue weighted by atomic mass is 10.0.